The summed E-state index contributed by atoms with van der Waals surface area (Å²) in [6.45, 7) is 7.24. The Kier molecular flexibility index (Phi) is 3.20. The highest BCUT2D eigenvalue weighted by Crippen LogP contribution is 2.19. The first-order valence-corrected chi connectivity index (χ1v) is 4.62. The average molecular weight is 143 g/mol. The molecule has 1 fully saturated rings. The minimum atomic E-state index is 0. The number of rotatable bonds is 3. The van der Waals surface area contributed by atoms with E-state index in [4.69, 9.17) is 0 Å². The molecule has 1 atom stereocenters. The lowest BCUT2D eigenvalue weighted by atomic mass is 10.2. The van der Waals surface area contributed by atoms with Gasteiger partial charge in [0.25, 0.3) is 0 Å². The topological polar surface area (TPSA) is 3.24 Å². The van der Waals surface area contributed by atoms with E-state index in [-0.39, 0.29) is 1.43 Å². The van der Waals surface area contributed by atoms with Crippen LogP contribution in [0.25, 0.3) is 0 Å². The zero-order valence-electron chi connectivity index (χ0n) is 7.27. The lowest BCUT2D eigenvalue weighted by Crippen LogP contribution is -2.29. The van der Waals surface area contributed by atoms with E-state index in [2.05, 4.69) is 18.7 Å². The predicted molar refractivity (Wildman–Crippen MR) is 47.3 cm³/mol. The highest BCUT2D eigenvalue weighted by molar-refractivity contribution is 4.76. The molecule has 62 valence electrons. The number of nitrogens with zero attached hydrogens (tertiary/aromatic N) is 1. The Bertz CT molecular complexity index is 95.6. The summed E-state index contributed by atoms with van der Waals surface area (Å²) in [6.07, 6.45) is 5.53. The van der Waals surface area contributed by atoms with Crippen LogP contribution in [0.15, 0.2) is 0 Å². The number of hydrogen-bond acceptors (Lipinski definition) is 1. The fourth-order valence-electron chi connectivity index (χ4n) is 1.94. The molecule has 1 unspecified atom stereocenters. The van der Waals surface area contributed by atoms with Gasteiger partial charge < -0.3 is 4.90 Å². The average Bonchev–Trinajstić information content (AvgIpc) is 2.36. The summed E-state index contributed by atoms with van der Waals surface area (Å²) in [5.74, 6) is 0. The molecule has 0 aliphatic carbocycles. The minimum absolute atomic E-state index is 0. The molecule has 0 aromatic carbocycles. The fraction of sp³-hybridized carbons (Fsp3) is 1.00. The normalized spacial score (nSPS) is 27.6. The van der Waals surface area contributed by atoms with Crippen LogP contribution >= 0.6 is 0 Å². The van der Waals surface area contributed by atoms with Gasteiger partial charge in [-0.15, -0.1) is 0 Å². The van der Waals surface area contributed by atoms with E-state index in [9.17, 15) is 0 Å². The van der Waals surface area contributed by atoms with Crippen molar-refractivity contribution in [3.05, 3.63) is 0 Å². The predicted octanol–water partition coefficient (Wildman–Crippen LogP) is 2.52. The maximum absolute atomic E-state index is 2.64. The van der Waals surface area contributed by atoms with Crippen molar-refractivity contribution in [2.24, 2.45) is 0 Å². The maximum atomic E-state index is 2.64. The Morgan fingerprint density at radius 1 is 1.50 bits per heavy atom. The van der Waals surface area contributed by atoms with Gasteiger partial charge in [0.05, 0.1) is 0 Å². The lowest BCUT2D eigenvalue weighted by molar-refractivity contribution is 0.249. The molecule has 10 heavy (non-hydrogen) atoms. The summed E-state index contributed by atoms with van der Waals surface area (Å²) in [5.41, 5.74) is 0. The quantitative estimate of drug-likeness (QED) is 0.587. The first-order chi connectivity index (χ1) is 4.88. The van der Waals surface area contributed by atoms with E-state index in [0.29, 0.717) is 0 Å². The van der Waals surface area contributed by atoms with E-state index in [0.717, 1.165) is 6.04 Å². The third kappa shape index (κ3) is 1.72. The standard InChI is InChI=1S/C9H19N.H2/c1-3-7-10-8-5-6-9(10)4-2;/h9H,3-8H2,1-2H3;1H. The zero-order chi connectivity index (χ0) is 7.40. The van der Waals surface area contributed by atoms with E-state index < -0.39 is 0 Å². The van der Waals surface area contributed by atoms with Crippen molar-refractivity contribution in [2.75, 3.05) is 13.1 Å². The molecule has 0 amide bonds. The second-order valence-corrected chi connectivity index (χ2v) is 3.24. The van der Waals surface area contributed by atoms with Crippen molar-refractivity contribution < 1.29 is 1.43 Å². The Balaban J connectivity index is 0.000001000. The number of hydrogen-bond donors (Lipinski definition) is 0. The summed E-state index contributed by atoms with van der Waals surface area (Å²) >= 11 is 0. The second kappa shape index (κ2) is 3.97. The SMILES string of the molecule is CCCN1CCCC1CC.[HH]. The summed E-state index contributed by atoms with van der Waals surface area (Å²) in [4.78, 5) is 2.64. The van der Waals surface area contributed by atoms with Crippen LogP contribution in [0.1, 0.15) is 41.0 Å². The van der Waals surface area contributed by atoms with Gasteiger partial charge in [-0.05, 0) is 38.8 Å². The van der Waals surface area contributed by atoms with Gasteiger partial charge in [-0.1, -0.05) is 13.8 Å². The van der Waals surface area contributed by atoms with Crippen LogP contribution in [0, 0.1) is 0 Å². The molecule has 1 aliphatic rings. The molecule has 1 nitrogen and oxygen atoms in total. The molecule has 1 aliphatic heterocycles. The van der Waals surface area contributed by atoms with Gasteiger partial charge in [0.15, 0.2) is 0 Å². The van der Waals surface area contributed by atoms with E-state index in [1.807, 2.05) is 0 Å². The molecule has 0 spiro atoms. The molecule has 0 radical (unpaired) electrons. The van der Waals surface area contributed by atoms with Crippen molar-refractivity contribution in [3.8, 4) is 0 Å². The monoisotopic (exact) mass is 143 g/mol. The van der Waals surface area contributed by atoms with E-state index >= 15 is 0 Å². The van der Waals surface area contributed by atoms with Gasteiger partial charge in [0.2, 0.25) is 0 Å². The van der Waals surface area contributed by atoms with Crippen LogP contribution in [0.3, 0.4) is 0 Å². The Labute approximate surface area is 65.9 Å². The fourth-order valence-corrected chi connectivity index (χ4v) is 1.94. The third-order valence-electron chi connectivity index (χ3n) is 2.48. The van der Waals surface area contributed by atoms with Gasteiger partial charge in [0.1, 0.15) is 0 Å². The van der Waals surface area contributed by atoms with E-state index in [1.165, 1.54) is 38.8 Å². The summed E-state index contributed by atoms with van der Waals surface area (Å²) in [5, 5.41) is 0. The molecular formula is C9H21N. The van der Waals surface area contributed by atoms with Crippen molar-refractivity contribution in [2.45, 2.75) is 45.6 Å². The zero-order valence-corrected chi connectivity index (χ0v) is 7.27. The van der Waals surface area contributed by atoms with Crippen LogP contribution in [0.4, 0.5) is 0 Å². The largest absolute Gasteiger partial charge is 0.300 e. The van der Waals surface area contributed by atoms with Crippen molar-refractivity contribution >= 4 is 0 Å². The first kappa shape index (κ1) is 8.06. The molecule has 0 N–H and O–H groups in total. The Morgan fingerprint density at radius 3 is 2.90 bits per heavy atom. The summed E-state index contributed by atoms with van der Waals surface area (Å²) < 4.78 is 0. The van der Waals surface area contributed by atoms with Gasteiger partial charge >= 0.3 is 0 Å². The van der Waals surface area contributed by atoms with Gasteiger partial charge in [-0.3, -0.25) is 0 Å². The van der Waals surface area contributed by atoms with Crippen LogP contribution in [0.2, 0.25) is 0 Å². The molecular weight excluding hydrogens is 122 g/mol. The maximum Gasteiger partial charge on any atom is 0.00931 e. The highest BCUT2D eigenvalue weighted by Gasteiger charge is 2.20. The van der Waals surface area contributed by atoms with Crippen molar-refractivity contribution in [1.29, 1.82) is 0 Å². The molecule has 1 heteroatoms. The van der Waals surface area contributed by atoms with Crippen LogP contribution in [-0.4, -0.2) is 24.0 Å². The third-order valence-corrected chi connectivity index (χ3v) is 2.48. The second-order valence-electron chi connectivity index (χ2n) is 3.24. The van der Waals surface area contributed by atoms with Gasteiger partial charge in [0, 0.05) is 7.47 Å². The Hall–Kier alpha value is -0.0400. The van der Waals surface area contributed by atoms with Gasteiger partial charge in [-0.25, -0.2) is 0 Å². The smallest absolute Gasteiger partial charge is 0.00931 e. The highest BCUT2D eigenvalue weighted by atomic mass is 15.2. The molecule has 0 aromatic heterocycles. The lowest BCUT2D eigenvalue weighted by Gasteiger charge is -2.21. The summed E-state index contributed by atoms with van der Waals surface area (Å²) in [7, 11) is 0. The molecule has 1 heterocycles. The molecule has 0 bridgehead atoms. The van der Waals surface area contributed by atoms with Crippen molar-refractivity contribution in [1.82, 2.24) is 4.90 Å². The Morgan fingerprint density at radius 2 is 2.30 bits per heavy atom. The molecule has 1 saturated heterocycles. The molecule has 0 saturated carbocycles. The van der Waals surface area contributed by atoms with Crippen molar-refractivity contribution in [3.63, 3.8) is 0 Å². The molecule has 1 rings (SSSR count). The van der Waals surface area contributed by atoms with Gasteiger partial charge in [-0.2, -0.15) is 0 Å². The summed E-state index contributed by atoms with van der Waals surface area (Å²) in [6, 6.07) is 0.917. The van der Waals surface area contributed by atoms with Crippen LogP contribution in [-0.2, 0) is 0 Å². The number of likely N-dealkylation sites (tertiary alicyclic amines) is 1. The van der Waals surface area contributed by atoms with Crippen LogP contribution < -0.4 is 0 Å². The first-order valence-electron chi connectivity index (χ1n) is 4.62. The molecule has 0 aromatic rings. The van der Waals surface area contributed by atoms with Crippen LogP contribution in [0.5, 0.6) is 0 Å². The minimum Gasteiger partial charge on any atom is -0.300 e. The van der Waals surface area contributed by atoms with E-state index in [1.54, 1.807) is 0 Å².